The molecule has 2 heterocycles. The summed E-state index contributed by atoms with van der Waals surface area (Å²) in [6.07, 6.45) is 3.99. The summed E-state index contributed by atoms with van der Waals surface area (Å²) in [4.78, 5) is 0.371. The van der Waals surface area contributed by atoms with Crippen LogP contribution in [-0.4, -0.2) is 32.4 Å². The van der Waals surface area contributed by atoms with E-state index in [4.69, 9.17) is 4.74 Å². The number of hydrogen-bond acceptors (Lipinski definition) is 4. The molecule has 0 radical (unpaired) electrons. The summed E-state index contributed by atoms with van der Waals surface area (Å²) < 4.78 is 32.6. The van der Waals surface area contributed by atoms with E-state index >= 15 is 0 Å². The first-order chi connectivity index (χ1) is 12.6. The predicted molar refractivity (Wildman–Crippen MR) is 102 cm³/mol. The predicted octanol–water partition coefficient (Wildman–Crippen LogP) is 3.41. The van der Waals surface area contributed by atoms with Gasteiger partial charge in [0.15, 0.2) is 0 Å². The molecule has 2 aromatic carbocycles. The van der Waals surface area contributed by atoms with Gasteiger partial charge in [-0.1, -0.05) is 18.6 Å². The highest BCUT2D eigenvalue weighted by Gasteiger charge is 2.25. The van der Waals surface area contributed by atoms with Crippen LogP contribution in [-0.2, 0) is 23.0 Å². The molecule has 0 bridgehead atoms. The van der Waals surface area contributed by atoms with Crippen LogP contribution >= 0.6 is 0 Å². The Morgan fingerprint density at radius 2 is 1.77 bits per heavy atom. The summed E-state index contributed by atoms with van der Waals surface area (Å²) in [6.45, 7) is 2.69. The van der Waals surface area contributed by atoms with Gasteiger partial charge in [0, 0.05) is 31.7 Å². The quantitative estimate of drug-likeness (QED) is 0.874. The summed E-state index contributed by atoms with van der Waals surface area (Å²) in [5.41, 5.74) is 3.32. The number of sulfonamides is 1. The van der Waals surface area contributed by atoms with Crippen LogP contribution in [0.3, 0.4) is 0 Å². The van der Waals surface area contributed by atoms with Gasteiger partial charge in [0.25, 0.3) is 0 Å². The largest absolute Gasteiger partial charge is 0.493 e. The summed E-state index contributed by atoms with van der Waals surface area (Å²) >= 11 is 0. The van der Waals surface area contributed by atoms with Gasteiger partial charge in [-0.3, -0.25) is 0 Å². The Kier molecular flexibility index (Phi) is 4.87. The molecule has 0 atom stereocenters. The minimum absolute atomic E-state index is 0.371. The molecule has 5 nitrogen and oxygen atoms in total. The van der Waals surface area contributed by atoms with E-state index in [2.05, 4.69) is 23.5 Å². The lowest BCUT2D eigenvalue weighted by Gasteiger charge is -2.25. The average Bonchev–Trinajstić information content (AvgIpc) is 3.15. The molecule has 0 amide bonds. The summed E-state index contributed by atoms with van der Waals surface area (Å²) in [7, 11) is -3.36. The van der Waals surface area contributed by atoms with Gasteiger partial charge < -0.3 is 10.1 Å². The van der Waals surface area contributed by atoms with Crippen molar-refractivity contribution in [2.45, 2.75) is 37.1 Å². The number of fused-ring (bicyclic) bond motifs is 1. The molecule has 0 saturated carbocycles. The molecule has 1 fully saturated rings. The van der Waals surface area contributed by atoms with E-state index in [0.717, 1.165) is 49.3 Å². The Morgan fingerprint density at radius 3 is 2.54 bits per heavy atom. The summed E-state index contributed by atoms with van der Waals surface area (Å²) in [6, 6.07) is 13.4. The van der Waals surface area contributed by atoms with Gasteiger partial charge in [-0.05, 0) is 54.3 Å². The summed E-state index contributed by atoms with van der Waals surface area (Å²) in [5, 5.41) is 3.35. The Hall–Kier alpha value is -2.05. The van der Waals surface area contributed by atoms with Crippen LogP contribution in [0.25, 0.3) is 0 Å². The first kappa shape index (κ1) is 17.4. The van der Waals surface area contributed by atoms with Crippen molar-refractivity contribution in [2.24, 2.45) is 0 Å². The van der Waals surface area contributed by atoms with E-state index in [9.17, 15) is 8.42 Å². The molecule has 138 valence electrons. The minimum atomic E-state index is -3.36. The van der Waals surface area contributed by atoms with E-state index in [1.807, 2.05) is 12.1 Å². The number of nitrogens with one attached hydrogen (secondary N) is 1. The smallest absolute Gasteiger partial charge is 0.243 e. The second kappa shape index (κ2) is 7.29. The lowest BCUT2D eigenvalue weighted by atomic mass is 10.1. The van der Waals surface area contributed by atoms with E-state index in [0.29, 0.717) is 24.5 Å². The van der Waals surface area contributed by atoms with Gasteiger partial charge in [0.2, 0.25) is 10.0 Å². The molecule has 4 rings (SSSR count). The van der Waals surface area contributed by atoms with Crippen LogP contribution in [0.5, 0.6) is 5.75 Å². The molecular weight excluding hydrogens is 348 g/mol. The summed E-state index contributed by atoms with van der Waals surface area (Å²) in [5.74, 6) is 0.979. The van der Waals surface area contributed by atoms with E-state index in [-0.39, 0.29) is 0 Å². The molecule has 2 aliphatic heterocycles. The van der Waals surface area contributed by atoms with Crippen molar-refractivity contribution in [3.05, 3.63) is 53.6 Å². The number of hydrogen-bond donors (Lipinski definition) is 1. The van der Waals surface area contributed by atoms with Crippen LogP contribution in [0.2, 0.25) is 0 Å². The van der Waals surface area contributed by atoms with Gasteiger partial charge in [0.05, 0.1) is 11.5 Å². The number of rotatable bonds is 5. The highest BCUT2D eigenvalue weighted by atomic mass is 32.2. The van der Waals surface area contributed by atoms with Crippen molar-refractivity contribution in [2.75, 3.05) is 25.0 Å². The van der Waals surface area contributed by atoms with E-state index in [1.165, 1.54) is 5.56 Å². The second-order valence-electron chi connectivity index (χ2n) is 6.88. The number of piperidine rings is 1. The van der Waals surface area contributed by atoms with Crippen LogP contribution < -0.4 is 10.1 Å². The fourth-order valence-electron chi connectivity index (χ4n) is 3.52. The third-order valence-corrected chi connectivity index (χ3v) is 6.98. The van der Waals surface area contributed by atoms with E-state index in [1.54, 1.807) is 16.4 Å². The number of nitrogens with zero attached hydrogens (tertiary/aromatic N) is 1. The zero-order valence-corrected chi connectivity index (χ0v) is 15.6. The van der Waals surface area contributed by atoms with Crippen LogP contribution in [0.4, 0.5) is 5.69 Å². The Balaban J connectivity index is 1.41. The molecule has 2 aromatic rings. The molecule has 1 saturated heterocycles. The first-order valence-electron chi connectivity index (χ1n) is 9.22. The lowest BCUT2D eigenvalue weighted by Crippen LogP contribution is -2.35. The third-order valence-electron chi connectivity index (χ3n) is 5.06. The van der Waals surface area contributed by atoms with Crippen molar-refractivity contribution in [3.8, 4) is 5.75 Å². The normalized spacial score (nSPS) is 17.5. The molecule has 26 heavy (non-hydrogen) atoms. The molecule has 0 unspecified atom stereocenters. The van der Waals surface area contributed by atoms with Crippen molar-refractivity contribution < 1.29 is 13.2 Å². The Bertz CT molecular complexity index is 872. The van der Waals surface area contributed by atoms with Gasteiger partial charge in [0.1, 0.15) is 5.75 Å². The molecule has 0 spiro atoms. The van der Waals surface area contributed by atoms with Gasteiger partial charge in [-0.2, -0.15) is 4.31 Å². The Morgan fingerprint density at radius 1 is 1.00 bits per heavy atom. The van der Waals surface area contributed by atoms with Crippen molar-refractivity contribution in [1.82, 2.24) is 4.31 Å². The molecule has 0 aromatic heterocycles. The monoisotopic (exact) mass is 372 g/mol. The fourth-order valence-corrected chi connectivity index (χ4v) is 5.04. The minimum Gasteiger partial charge on any atom is -0.493 e. The van der Waals surface area contributed by atoms with E-state index < -0.39 is 10.0 Å². The maximum absolute atomic E-state index is 12.7. The lowest BCUT2D eigenvalue weighted by molar-refractivity contribution is 0.346. The van der Waals surface area contributed by atoms with Crippen LogP contribution in [0, 0.1) is 0 Å². The second-order valence-corrected chi connectivity index (χ2v) is 8.82. The topological polar surface area (TPSA) is 58.6 Å². The van der Waals surface area contributed by atoms with Crippen molar-refractivity contribution in [1.29, 1.82) is 0 Å². The van der Waals surface area contributed by atoms with Gasteiger partial charge in [-0.25, -0.2) is 8.42 Å². The van der Waals surface area contributed by atoms with Crippen LogP contribution in [0.1, 0.15) is 30.4 Å². The van der Waals surface area contributed by atoms with Crippen molar-refractivity contribution in [3.63, 3.8) is 0 Å². The standard InChI is InChI=1S/C20H24N2O3S/c23-26(24,22-11-2-1-3-12-22)19-8-6-18(7-9-19)21-15-16-4-5-17-10-13-25-20(17)14-16/h4-9,14,21H,1-3,10-13,15H2. The molecule has 1 N–H and O–H groups in total. The molecule has 2 aliphatic rings. The highest BCUT2D eigenvalue weighted by Crippen LogP contribution is 2.27. The van der Waals surface area contributed by atoms with Crippen molar-refractivity contribution >= 4 is 15.7 Å². The van der Waals surface area contributed by atoms with Crippen LogP contribution in [0.15, 0.2) is 47.4 Å². The number of anilines is 1. The number of benzene rings is 2. The maximum Gasteiger partial charge on any atom is 0.243 e. The first-order valence-corrected chi connectivity index (χ1v) is 10.7. The molecule has 6 heteroatoms. The SMILES string of the molecule is O=S(=O)(c1ccc(NCc2ccc3c(c2)OCC3)cc1)N1CCCCC1. The van der Waals surface area contributed by atoms with Gasteiger partial charge in [-0.15, -0.1) is 0 Å². The van der Waals surface area contributed by atoms with Gasteiger partial charge >= 0.3 is 0 Å². The highest BCUT2D eigenvalue weighted by molar-refractivity contribution is 7.89. The fraction of sp³-hybridized carbons (Fsp3) is 0.400. The zero-order valence-electron chi connectivity index (χ0n) is 14.8. The number of ether oxygens (including phenoxy) is 1. The Labute approximate surface area is 155 Å². The maximum atomic E-state index is 12.7. The zero-order chi connectivity index (χ0) is 18.0. The average molecular weight is 372 g/mol. The molecule has 0 aliphatic carbocycles. The third kappa shape index (κ3) is 3.57. The molecular formula is C20H24N2O3S.